The zero-order chi connectivity index (χ0) is 26.9. The Bertz CT molecular complexity index is 2200. The lowest BCUT2D eigenvalue weighted by Crippen LogP contribution is -2.03. The van der Waals surface area contributed by atoms with Crippen LogP contribution in [-0.2, 0) is 10.1 Å². The van der Waals surface area contributed by atoms with E-state index in [2.05, 4.69) is 42.2 Å². The molecule has 39 heavy (non-hydrogen) atoms. The number of fused-ring (bicyclic) bond motifs is 3. The number of hydrogen-bond donors (Lipinski definition) is 2. The topological polar surface area (TPSA) is 119 Å². The van der Waals surface area contributed by atoms with Crippen LogP contribution < -0.4 is 5.73 Å². The van der Waals surface area contributed by atoms with E-state index in [1.807, 2.05) is 24.3 Å². The average molecular weight is 587 g/mol. The molecule has 0 atom stereocenters. The number of nitrogens with two attached hydrogens (primary N) is 1. The van der Waals surface area contributed by atoms with Gasteiger partial charge in [0.15, 0.2) is 0 Å². The Morgan fingerprint density at radius 2 is 1.08 bits per heavy atom. The second-order valence-electron chi connectivity index (χ2n) is 9.12. The van der Waals surface area contributed by atoms with Gasteiger partial charge in [0.25, 0.3) is 10.1 Å². The van der Waals surface area contributed by atoms with E-state index in [0.29, 0.717) is 10.6 Å². The fraction of sp³-hybridized carbons (Fsp3) is 0.0357. The molecule has 3 aromatic heterocycles. The minimum atomic E-state index is -4.44. The van der Waals surface area contributed by atoms with Gasteiger partial charge in [0.2, 0.25) is 0 Å². The van der Waals surface area contributed by atoms with Crippen molar-refractivity contribution >= 4 is 80.5 Å². The van der Waals surface area contributed by atoms with Crippen molar-refractivity contribution in [3.63, 3.8) is 0 Å². The van der Waals surface area contributed by atoms with Gasteiger partial charge in [0.05, 0.1) is 36.3 Å². The Hall–Kier alpha value is -3.74. The van der Waals surface area contributed by atoms with Crippen molar-refractivity contribution in [1.29, 1.82) is 0 Å². The molecule has 7 rings (SSSR count). The summed E-state index contributed by atoms with van der Waals surface area (Å²) in [5, 5.41) is 2.53. The van der Waals surface area contributed by atoms with Gasteiger partial charge < -0.3 is 5.73 Å². The molecule has 3 N–H and O–H groups in total. The second kappa shape index (κ2) is 8.90. The van der Waals surface area contributed by atoms with Gasteiger partial charge in [-0.1, -0.05) is 6.07 Å². The predicted molar refractivity (Wildman–Crippen MR) is 161 cm³/mol. The van der Waals surface area contributed by atoms with Gasteiger partial charge in [-0.15, -0.1) is 34.0 Å². The first-order valence-electron chi connectivity index (χ1n) is 11.8. The lowest BCUT2D eigenvalue weighted by Gasteiger charge is -2.04. The van der Waals surface area contributed by atoms with Crippen LogP contribution >= 0.6 is 34.0 Å². The number of benzene rings is 4. The number of anilines is 1. The maximum absolute atomic E-state index is 11.7. The van der Waals surface area contributed by atoms with Crippen molar-refractivity contribution in [3.8, 4) is 31.7 Å². The quantitative estimate of drug-likeness (QED) is 0.161. The molecule has 192 valence electrons. The molecule has 0 aliphatic heterocycles. The van der Waals surface area contributed by atoms with E-state index in [9.17, 15) is 13.0 Å². The van der Waals surface area contributed by atoms with E-state index in [4.69, 9.17) is 15.7 Å². The number of nitrogens with zero attached hydrogens (tertiary/aromatic N) is 3. The molecular weight excluding hydrogens is 569 g/mol. The SMILES string of the molecule is Cc1ccc2nc(-c3ccc4nc(-c5ccc6nc(-c7ccc(N)c(S(=O)(=O)O)c7)sc6c5)sc4c3)sc2c1. The first-order chi connectivity index (χ1) is 18.7. The lowest BCUT2D eigenvalue weighted by molar-refractivity contribution is 0.483. The van der Waals surface area contributed by atoms with Crippen LogP contribution in [-0.4, -0.2) is 27.9 Å². The Balaban J connectivity index is 1.24. The lowest BCUT2D eigenvalue weighted by atomic mass is 10.2. The standard InChI is InChI=1S/C28H18N4O3S4/c1-14-2-7-19-22(10-14)36-26(30-19)15-4-8-20-23(11-15)37-27(31-20)16-5-9-21-24(12-16)38-28(32-21)17-3-6-18(29)25(13-17)39(33,34)35/h2-13H,29H2,1H3,(H,33,34,35). The number of rotatable bonds is 4. The van der Waals surface area contributed by atoms with E-state index in [0.717, 1.165) is 47.1 Å². The van der Waals surface area contributed by atoms with E-state index in [1.165, 1.54) is 33.7 Å². The fourth-order valence-corrected chi connectivity index (χ4v) is 8.11. The first kappa shape index (κ1) is 24.3. The highest BCUT2D eigenvalue weighted by Crippen LogP contribution is 2.38. The third kappa shape index (κ3) is 4.38. The summed E-state index contributed by atoms with van der Waals surface area (Å²) in [6.45, 7) is 2.09. The van der Waals surface area contributed by atoms with E-state index < -0.39 is 10.1 Å². The molecule has 0 aliphatic carbocycles. The summed E-state index contributed by atoms with van der Waals surface area (Å²) < 4.78 is 36.1. The van der Waals surface area contributed by atoms with Crippen molar-refractivity contribution in [2.75, 3.05) is 5.73 Å². The van der Waals surface area contributed by atoms with Crippen molar-refractivity contribution < 1.29 is 13.0 Å². The third-order valence-corrected chi connectivity index (χ3v) is 10.5. The van der Waals surface area contributed by atoms with Gasteiger partial charge in [0.1, 0.15) is 19.9 Å². The van der Waals surface area contributed by atoms with Crippen LogP contribution in [0.3, 0.4) is 0 Å². The molecule has 0 amide bonds. The van der Waals surface area contributed by atoms with Crippen LogP contribution in [0.15, 0.2) is 77.7 Å². The highest BCUT2D eigenvalue weighted by molar-refractivity contribution is 7.86. The van der Waals surface area contributed by atoms with E-state index >= 15 is 0 Å². The van der Waals surface area contributed by atoms with Gasteiger partial charge >= 0.3 is 0 Å². The summed E-state index contributed by atoms with van der Waals surface area (Å²) in [5.41, 5.74) is 12.3. The van der Waals surface area contributed by atoms with Crippen LogP contribution in [0.25, 0.3) is 62.4 Å². The molecule has 0 saturated carbocycles. The predicted octanol–water partition coefficient (Wildman–Crippen LogP) is 7.65. The zero-order valence-corrected chi connectivity index (χ0v) is 23.5. The van der Waals surface area contributed by atoms with Crippen molar-refractivity contribution in [2.24, 2.45) is 0 Å². The summed E-state index contributed by atoms with van der Waals surface area (Å²) in [4.78, 5) is 14.0. The summed E-state index contributed by atoms with van der Waals surface area (Å²) in [7, 11) is -4.44. The molecule has 7 aromatic rings. The number of nitrogen functional groups attached to an aromatic ring is 1. The van der Waals surface area contributed by atoms with Crippen molar-refractivity contribution in [3.05, 3.63) is 78.4 Å². The Kier molecular flexibility index (Phi) is 5.55. The zero-order valence-electron chi connectivity index (χ0n) is 20.2. The van der Waals surface area contributed by atoms with Crippen molar-refractivity contribution in [2.45, 2.75) is 11.8 Å². The smallest absolute Gasteiger partial charge is 0.296 e. The van der Waals surface area contributed by atoms with Crippen LogP contribution in [0.2, 0.25) is 0 Å². The Morgan fingerprint density at radius 1 is 0.641 bits per heavy atom. The maximum atomic E-state index is 11.7. The average Bonchev–Trinajstić information content (AvgIpc) is 3.63. The molecule has 0 bridgehead atoms. The fourth-order valence-electron chi connectivity index (χ4n) is 4.41. The minimum absolute atomic E-state index is 0.0122. The molecule has 7 nitrogen and oxygen atoms in total. The van der Waals surface area contributed by atoms with Crippen LogP contribution in [0.4, 0.5) is 5.69 Å². The monoisotopic (exact) mass is 586 g/mol. The van der Waals surface area contributed by atoms with Gasteiger partial charge in [-0.2, -0.15) is 8.42 Å². The van der Waals surface area contributed by atoms with Gasteiger partial charge in [-0.25, -0.2) is 15.0 Å². The first-order valence-corrected chi connectivity index (χ1v) is 15.7. The maximum Gasteiger partial charge on any atom is 0.296 e. The molecule has 0 unspecified atom stereocenters. The van der Waals surface area contributed by atoms with Crippen LogP contribution in [0.1, 0.15) is 5.56 Å². The molecule has 3 heterocycles. The Labute approximate surface area is 235 Å². The summed E-state index contributed by atoms with van der Waals surface area (Å²) >= 11 is 4.76. The number of thiazole rings is 3. The number of aryl methyl sites for hydroxylation is 1. The number of aromatic nitrogens is 3. The molecular formula is C28H18N4O3S4. The van der Waals surface area contributed by atoms with Gasteiger partial charge in [0, 0.05) is 16.7 Å². The Morgan fingerprint density at radius 3 is 1.59 bits per heavy atom. The molecule has 0 spiro atoms. The third-order valence-electron chi connectivity index (χ3n) is 6.35. The largest absolute Gasteiger partial charge is 0.398 e. The minimum Gasteiger partial charge on any atom is -0.398 e. The summed E-state index contributed by atoms with van der Waals surface area (Å²) in [5.74, 6) is 0. The van der Waals surface area contributed by atoms with Gasteiger partial charge in [-0.05, 0) is 79.2 Å². The van der Waals surface area contributed by atoms with E-state index in [1.54, 1.807) is 28.7 Å². The molecule has 0 fully saturated rings. The van der Waals surface area contributed by atoms with Gasteiger partial charge in [-0.3, -0.25) is 4.55 Å². The van der Waals surface area contributed by atoms with Crippen LogP contribution in [0.5, 0.6) is 0 Å². The summed E-state index contributed by atoms with van der Waals surface area (Å²) in [6, 6.07) is 23.1. The summed E-state index contributed by atoms with van der Waals surface area (Å²) in [6.07, 6.45) is 0. The molecule has 4 aromatic carbocycles. The molecule has 0 saturated heterocycles. The number of hydrogen-bond acceptors (Lipinski definition) is 9. The normalized spacial score (nSPS) is 12.2. The van der Waals surface area contributed by atoms with Crippen LogP contribution in [0, 0.1) is 6.92 Å². The highest BCUT2D eigenvalue weighted by atomic mass is 32.2. The molecule has 0 radical (unpaired) electrons. The van der Waals surface area contributed by atoms with E-state index in [-0.39, 0.29) is 10.6 Å². The highest BCUT2D eigenvalue weighted by Gasteiger charge is 2.17. The second-order valence-corrected chi connectivity index (χ2v) is 13.6. The molecule has 0 aliphatic rings. The van der Waals surface area contributed by atoms with Crippen molar-refractivity contribution in [1.82, 2.24) is 15.0 Å². The molecule has 11 heteroatoms.